The first-order chi connectivity index (χ1) is 31.2. The molecule has 3 heteroatoms. The summed E-state index contributed by atoms with van der Waals surface area (Å²) in [6.45, 7) is 0. The maximum atomic E-state index is 2.46. The van der Waals surface area contributed by atoms with Crippen molar-refractivity contribution in [3.05, 3.63) is 231 Å². The van der Waals surface area contributed by atoms with Crippen LogP contribution in [0.1, 0.15) is 0 Å². The fourth-order valence-electron chi connectivity index (χ4n) is 9.80. The predicted molar refractivity (Wildman–Crippen MR) is 272 cm³/mol. The molecule has 13 aromatic rings. The smallest absolute Gasteiger partial charge is 0.0547 e. The molecule has 0 aliphatic heterocycles. The molecular formula is C60H38N2S. The van der Waals surface area contributed by atoms with Gasteiger partial charge in [0, 0.05) is 53.7 Å². The van der Waals surface area contributed by atoms with E-state index in [9.17, 15) is 0 Å². The Balaban J connectivity index is 0.993. The summed E-state index contributed by atoms with van der Waals surface area (Å²) < 4.78 is 5.06. The molecule has 0 radical (unpaired) electrons. The second-order valence-electron chi connectivity index (χ2n) is 16.6. The molecule has 0 aliphatic carbocycles. The van der Waals surface area contributed by atoms with E-state index in [0.29, 0.717) is 0 Å². The predicted octanol–water partition coefficient (Wildman–Crippen LogP) is 17.4. The van der Waals surface area contributed by atoms with Crippen molar-refractivity contribution in [2.24, 2.45) is 0 Å². The normalized spacial score (nSPS) is 11.8. The minimum atomic E-state index is 1.11. The van der Waals surface area contributed by atoms with Gasteiger partial charge in [-0.05, 0) is 140 Å². The molecule has 0 saturated carbocycles. The maximum Gasteiger partial charge on any atom is 0.0547 e. The van der Waals surface area contributed by atoms with E-state index in [-0.39, 0.29) is 0 Å². The van der Waals surface area contributed by atoms with Crippen molar-refractivity contribution in [2.75, 3.05) is 4.90 Å². The second kappa shape index (κ2) is 14.3. The summed E-state index contributed by atoms with van der Waals surface area (Å²) >= 11 is 1.86. The quantitative estimate of drug-likeness (QED) is 0.162. The number of hydrogen-bond acceptors (Lipinski definition) is 2. The molecule has 0 unspecified atom stereocenters. The Kier molecular flexibility index (Phi) is 8.12. The average molecular weight is 819 g/mol. The van der Waals surface area contributed by atoms with Crippen LogP contribution in [-0.4, -0.2) is 4.57 Å². The number of aromatic nitrogens is 1. The lowest BCUT2D eigenvalue weighted by molar-refractivity contribution is 1.18. The molecule has 13 rings (SSSR count). The van der Waals surface area contributed by atoms with Crippen LogP contribution in [0.25, 0.3) is 102 Å². The van der Waals surface area contributed by atoms with Crippen molar-refractivity contribution in [1.82, 2.24) is 4.57 Å². The molecule has 294 valence electrons. The van der Waals surface area contributed by atoms with Gasteiger partial charge in [-0.3, -0.25) is 0 Å². The third kappa shape index (κ3) is 6.01. The lowest BCUT2D eigenvalue weighted by Crippen LogP contribution is -2.09. The fraction of sp³-hybridized carbons (Fsp3) is 0. The van der Waals surface area contributed by atoms with Crippen LogP contribution >= 0.6 is 11.3 Å². The largest absolute Gasteiger partial charge is 0.310 e. The molecule has 2 heterocycles. The number of benzene rings is 11. The van der Waals surface area contributed by atoms with Gasteiger partial charge in [0.1, 0.15) is 0 Å². The minimum absolute atomic E-state index is 1.11. The van der Waals surface area contributed by atoms with E-state index in [1.54, 1.807) is 0 Å². The van der Waals surface area contributed by atoms with Gasteiger partial charge in [0.05, 0.1) is 11.0 Å². The molecule has 0 saturated heterocycles. The van der Waals surface area contributed by atoms with E-state index in [4.69, 9.17) is 0 Å². The van der Waals surface area contributed by atoms with Gasteiger partial charge in [-0.25, -0.2) is 0 Å². The first-order valence-corrected chi connectivity index (χ1v) is 22.4. The van der Waals surface area contributed by atoms with Crippen molar-refractivity contribution in [3.63, 3.8) is 0 Å². The molecular weight excluding hydrogens is 781 g/mol. The molecule has 63 heavy (non-hydrogen) atoms. The van der Waals surface area contributed by atoms with Crippen LogP contribution in [-0.2, 0) is 0 Å². The summed E-state index contributed by atoms with van der Waals surface area (Å²) in [5.41, 5.74) is 11.6. The molecule has 0 aliphatic rings. The molecule has 0 bridgehead atoms. The van der Waals surface area contributed by atoms with Crippen molar-refractivity contribution in [2.45, 2.75) is 0 Å². The van der Waals surface area contributed by atoms with Crippen molar-refractivity contribution >= 4 is 103 Å². The molecule has 2 aromatic heterocycles. The lowest BCUT2D eigenvalue weighted by atomic mass is 9.96. The topological polar surface area (TPSA) is 8.17 Å². The van der Waals surface area contributed by atoms with E-state index in [2.05, 4.69) is 240 Å². The number of para-hydroxylation sites is 1. The molecule has 0 atom stereocenters. The number of anilines is 3. The first-order valence-electron chi connectivity index (χ1n) is 21.6. The molecule has 0 fully saturated rings. The van der Waals surface area contributed by atoms with Crippen molar-refractivity contribution in [3.8, 4) is 27.9 Å². The summed E-state index contributed by atoms with van der Waals surface area (Å²) in [5, 5.41) is 12.5. The van der Waals surface area contributed by atoms with Gasteiger partial charge in [-0.15, -0.1) is 11.3 Å². The SMILES string of the molecule is c1ccc2cc(-c3cc(-c4ccc(N(c5ccc6ccccc6c5)c5ccc6c(c5)sc5ccccc56)cc4)cc(-n4c5ccccc5c5cc6ccccc6cc54)c3)ccc2c1. The zero-order valence-corrected chi connectivity index (χ0v) is 35.1. The van der Waals surface area contributed by atoms with Gasteiger partial charge >= 0.3 is 0 Å². The third-order valence-corrected chi connectivity index (χ3v) is 14.0. The molecule has 0 amide bonds. The second-order valence-corrected chi connectivity index (χ2v) is 17.7. The monoisotopic (exact) mass is 818 g/mol. The Morgan fingerprint density at radius 3 is 1.60 bits per heavy atom. The highest BCUT2D eigenvalue weighted by molar-refractivity contribution is 7.25. The van der Waals surface area contributed by atoms with E-state index >= 15 is 0 Å². The van der Waals surface area contributed by atoms with Crippen LogP contribution in [0, 0.1) is 0 Å². The number of rotatable bonds is 6. The zero-order valence-electron chi connectivity index (χ0n) is 34.2. The van der Waals surface area contributed by atoms with Crippen LogP contribution < -0.4 is 4.90 Å². The van der Waals surface area contributed by atoms with Gasteiger partial charge < -0.3 is 9.47 Å². The molecule has 0 spiro atoms. The third-order valence-electron chi connectivity index (χ3n) is 12.9. The van der Waals surface area contributed by atoms with Crippen LogP contribution in [0.15, 0.2) is 231 Å². The highest BCUT2D eigenvalue weighted by atomic mass is 32.1. The Morgan fingerprint density at radius 1 is 0.286 bits per heavy atom. The van der Waals surface area contributed by atoms with E-state index in [0.717, 1.165) is 33.9 Å². The van der Waals surface area contributed by atoms with Gasteiger partial charge in [0.25, 0.3) is 0 Å². The Bertz CT molecular complexity index is 3930. The van der Waals surface area contributed by atoms with Crippen LogP contribution in [0.2, 0.25) is 0 Å². The maximum absolute atomic E-state index is 2.46. The van der Waals surface area contributed by atoms with Crippen LogP contribution in [0.5, 0.6) is 0 Å². The Hall–Kier alpha value is -7.98. The number of thiophene rings is 1. The van der Waals surface area contributed by atoms with E-state index in [1.807, 2.05) is 11.3 Å². The van der Waals surface area contributed by atoms with Crippen molar-refractivity contribution in [1.29, 1.82) is 0 Å². The minimum Gasteiger partial charge on any atom is -0.310 e. The summed E-state index contributed by atoms with van der Waals surface area (Å²) in [6, 6.07) is 85.1. The van der Waals surface area contributed by atoms with E-state index in [1.165, 1.54) is 85.4 Å². The first kappa shape index (κ1) is 35.7. The van der Waals surface area contributed by atoms with Crippen LogP contribution in [0.3, 0.4) is 0 Å². The number of nitrogens with zero attached hydrogens (tertiary/aromatic N) is 2. The lowest BCUT2D eigenvalue weighted by Gasteiger charge is -2.26. The van der Waals surface area contributed by atoms with Gasteiger partial charge in [0.15, 0.2) is 0 Å². The summed E-state index contributed by atoms with van der Waals surface area (Å²) in [5.74, 6) is 0. The molecule has 11 aromatic carbocycles. The fourth-order valence-corrected chi connectivity index (χ4v) is 10.9. The van der Waals surface area contributed by atoms with Gasteiger partial charge in [0.2, 0.25) is 0 Å². The number of hydrogen-bond donors (Lipinski definition) is 0. The number of fused-ring (bicyclic) bond motifs is 9. The summed E-state index contributed by atoms with van der Waals surface area (Å²) in [6.07, 6.45) is 0. The molecule has 0 N–H and O–H groups in total. The van der Waals surface area contributed by atoms with E-state index < -0.39 is 0 Å². The average Bonchev–Trinajstić information content (AvgIpc) is 3.88. The zero-order chi connectivity index (χ0) is 41.4. The summed E-state index contributed by atoms with van der Waals surface area (Å²) in [4.78, 5) is 2.40. The van der Waals surface area contributed by atoms with Gasteiger partial charge in [-0.2, -0.15) is 0 Å². The standard InChI is InChI=1S/C60H38N2S/c1-3-13-42-31-46(22-21-39(42)11-1)48-32-47(34-52(35-48)62-57-19-9-7-17-53(57)56-36-44-15-5-6-16-45(44)37-58(56)62)41-23-26-49(27-24-41)61(50-28-25-40-12-2-4-14-43(40)33-50)51-29-30-55-54-18-8-10-20-59(54)63-60(55)38-51/h1-38H. The summed E-state index contributed by atoms with van der Waals surface area (Å²) in [7, 11) is 0. The van der Waals surface area contributed by atoms with Crippen LogP contribution in [0.4, 0.5) is 17.1 Å². The highest BCUT2D eigenvalue weighted by Gasteiger charge is 2.18. The Morgan fingerprint density at radius 2 is 0.825 bits per heavy atom. The Labute approximate surface area is 368 Å². The molecule has 2 nitrogen and oxygen atoms in total. The highest BCUT2D eigenvalue weighted by Crippen LogP contribution is 2.43. The van der Waals surface area contributed by atoms with Gasteiger partial charge in [-0.1, -0.05) is 146 Å². The van der Waals surface area contributed by atoms with Crippen molar-refractivity contribution < 1.29 is 0 Å².